The van der Waals surface area contributed by atoms with E-state index in [1.807, 2.05) is 0 Å². The van der Waals surface area contributed by atoms with E-state index in [9.17, 15) is 13.2 Å². The van der Waals surface area contributed by atoms with Crippen LogP contribution >= 0.6 is 11.6 Å². The van der Waals surface area contributed by atoms with Crippen molar-refractivity contribution in [1.82, 2.24) is 4.72 Å². The topological polar surface area (TPSA) is 63.2 Å². The first-order valence-electron chi connectivity index (χ1n) is 5.16. The Labute approximate surface area is 95.4 Å². The average molecular weight is 254 g/mol. The van der Waals surface area contributed by atoms with E-state index in [2.05, 4.69) is 4.72 Å². The molecule has 0 aliphatic heterocycles. The van der Waals surface area contributed by atoms with Gasteiger partial charge in [-0.2, -0.15) is 0 Å². The summed E-state index contributed by atoms with van der Waals surface area (Å²) in [6.07, 6.45) is 3.23. The summed E-state index contributed by atoms with van der Waals surface area (Å²) in [6, 6.07) is 0. The van der Waals surface area contributed by atoms with E-state index in [4.69, 9.17) is 11.6 Å². The number of hydrogen-bond donors (Lipinski definition) is 1. The summed E-state index contributed by atoms with van der Waals surface area (Å²) in [6.45, 7) is 1.61. The van der Waals surface area contributed by atoms with Crippen molar-refractivity contribution in [2.45, 2.75) is 49.7 Å². The average Bonchev–Trinajstić information content (AvgIpc) is 2.17. The molecule has 0 spiro atoms. The fraction of sp³-hybridized carbons (Fsp3) is 0.889. The van der Waals surface area contributed by atoms with Gasteiger partial charge in [-0.1, -0.05) is 19.8 Å². The third-order valence-corrected chi connectivity index (χ3v) is 5.14. The van der Waals surface area contributed by atoms with Crippen LogP contribution in [0.25, 0.3) is 0 Å². The smallest absolute Gasteiger partial charge is 0.239 e. The predicted octanol–water partition coefficient (Wildman–Crippen LogP) is 1.39. The molecule has 88 valence electrons. The fourth-order valence-electron chi connectivity index (χ4n) is 1.71. The van der Waals surface area contributed by atoms with E-state index < -0.39 is 21.2 Å². The monoisotopic (exact) mass is 253 g/mol. The first-order chi connectivity index (χ1) is 6.97. The van der Waals surface area contributed by atoms with Crippen molar-refractivity contribution >= 4 is 27.5 Å². The molecule has 0 aromatic heterocycles. The largest absolute Gasteiger partial charge is 0.274 e. The summed E-state index contributed by atoms with van der Waals surface area (Å²) >= 11 is 5.96. The Kier molecular flexibility index (Phi) is 4.40. The van der Waals surface area contributed by atoms with Gasteiger partial charge in [-0.25, -0.2) is 8.42 Å². The zero-order chi connectivity index (χ0) is 11.5. The van der Waals surface area contributed by atoms with Crippen LogP contribution in [0.1, 0.15) is 39.0 Å². The first-order valence-corrected chi connectivity index (χ1v) is 7.14. The lowest BCUT2D eigenvalue weighted by atomic mass is 10.00. The molecule has 0 heterocycles. The lowest BCUT2D eigenvalue weighted by Gasteiger charge is -2.26. The number of sulfonamides is 1. The minimum Gasteiger partial charge on any atom is -0.274 e. The Hall–Kier alpha value is -0.290. The van der Waals surface area contributed by atoms with Crippen LogP contribution in [-0.4, -0.2) is 25.0 Å². The van der Waals surface area contributed by atoms with E-state index in [1.54, 1.807) is 6.92 Å². The number of halogens is 1. The lowest BCUT2D eigenvalue weighted by molar-refractivity contribution is -0.119. The van der Waals surface area contributed by atoms with E-state index in [-0.39, 0.29) is 11.8 Å². The molecule has 6 heteroatoms. The van der Waals surface area contributed by atoms with Crippen molar-refractivity contribution in [1.29, 1.82) is 0 Å². The van der Waals surface area contributed by atoms with Crippen molar-refractivity contribution in [3.63, 3.8) is 0 Å². The van der Waals surface area contributed by atoms with Crippen LogP contribution in [0.15, 0.2) is 0 Å². The molecule has 2 atom stereocenters. The summed E-state index contributed by atoms with van der Waals surface area (Å²) in [5.74, 6) is -0.468. The zero-order valence-corrected chi connectivity index (χ0v) is 10.3. The zero-order valence-electron chi connectivity index (χ0n) is 8.70. The molecule has 1 aliphatic carbocycles. The summed E-state index contributed by atoms with van der Waals surface area (Å²) in [7, 11) is -3.58. The number of rotatable bonds is 3. The molecule has 1 N–H and O–H groups in total. The molecule has 15 heavy (non-hydrogen) atoms. The van der Waals surface area contributed by atoms with E-state index in [0.29, 0.717) is 12.8 Å². The Morgan fingerprint density at radius 1 is 1.40 bits per heavy atom. The van der Waals surface area contributed by atoms with Gasteiger partial charge in [-0.3, -0.25) is 9.52 Å². The van der Waals surface area contributed by atoms with Gasteiger partial charge in [0, 0.05) is 6.42 Å². The molecule has 0 aromatic rings. The number of carbonyl (C=O) groups is 1. The highest BCUT2D eigenvalue weighted by Gasteiger charge is 2.35. The van der Waals surface area contributed by atoms with Crippen molar-refractivity contribution in [2.75, 3.05) is 0 Å². The Balaban J connectivity index is 2.71. The maximum absolute atomic E-state index is 11.7. The van der Waals surface area contributed by atoms with Gasteiger partial charge in [0.2, 0.25) is 15.9 Å². The molecule has 1 rings (SSSR count). The molecule has 1 aliphatic rings. The minimum atomic E-state index is -3.58. The molecule has 0 saturated heterocycles. The molecule has 4 nitrogen and oxygen atoms in total. The van der Waals surface area contributed by atoms with Crippen LogP contribution in [0.3, 0.4) is 0 Å². The van der Waals surface area contributed by atoms with Gasteiger partial charge in [0.1, 0.15) is 0 Å². The maximum Gasteiger partial charge on any atom is 0.239 e. The van der Waals surface area contributed by atoms with Gasteiger partial charge < -0.3 is 0 Å². The third-order valence-electron chi connectivity index (χ3n) is 2.60. The molecule has 0 aromatic carbocycles. The molecule has 1 amide bonds. The van der Waals surface area contributed by atoms with Crippen molar-refractivity contribution in [2.24, 2.45) is 0 Å². The van der Waals surface area contributed by atoms with Gasteiger partial charge in [0.05, 0.1) is 10.6 Å². The van der Waals surface area contributed by atoms with Gasteiger partial charge in [0.25, 0.3) is 0 Å². The van der Waals surface area contributed by atoms with Crippen molar-refractivity contribution < 1.29 is 13.2 Å². The highest BCUT2D eigenvalue weighted by Crippen LogP contribution is 2.27. The molecule has 2 unspecified atom stereocenters. The molecular weight excluding hydrogens is 238 g/mol. The minimum absolute atomic E-state index is 0.166. The third kappa shape index (κ3) is 3.34. The SMILES string of the molecule is CCC(=O)NS(=O)(=O)C1CCCCC1Cl. The second-order valence-corrected chi connectivity index (χ2v) is 6.22. The van der Waals surface area contributed by atoms with Gasteiger partial charge in [-0.05, 0) is 12.8 Å². The van der Waals surface area contributed by atoms with Crippen molar-refractivity contribution in [3.05, 3.63) is 0 Å². The van der Waals surface area contributed by atoms with E-state index >= 15 is 0 Å². The van der Waals surface area contributed by atoms with E-state index in [0.717, 1.165) is 12.8 Å². The second-order valence-electron chi connectivity index (χ2n) is 3.76. The molecule has 0 radical (unpaired) electrons. The number of hydrogen-bond acceptors (Lipinski definition) is 3. The van der Waals surface area contributed by atoms with Crippen molar-refractivity contribution in [3.8, 4) is 0 Å². The highest BCUT2D eigenvalue weighted by atomic mass is 35.5. The fourth-order valence-corrected chi connectivity index (χ4v) is 4.01. The second kappa shape index (κ2) is 5.16. The lowest BCUT2D eigenvalue weighted by Crippen LogP contribution is -2.43. The van der Waals surface area contributed by atoms with Crippen LogP contribution in [0.2, 0.25) is 0 Å². The summed E-state index contributed by atoms with van der Waals surface area (Å²) in [5, 5.41) is -0.996. The summed E-state index contributed by atoms with van der Waals surface area (Å²) < 4.78 is 25.6. The normalized spacial score (nSPS) is 27.3. The summed E-state index contributed by atoms with van der Waals surface area (Å²) in [4.78, 5) is 11.0. The van der Waals surface area contributed by atoms with E-state index in [1.165, 1.54) is 0 Å². The number of carbonyl (C=O) groups excluding carboxylic acids is 1. The van der Waals surface area contributed by atoms with Crippen LogP contribution < -0.4 is 4.72 Å². The maximum atomic E-state index is 11.7. The Bertz CT molecular complexity index is 328. The summed E-state index contributed by atoms with van der Waals surface area (Å²) in [5.41, 5.74) is 0. The number of nitrogens with one attached hydrogen (secondary N) is 1. The number of alkyl halides is 1. The quantitative estimate of drug-likeness (QED) is 0.774. The van der Waals surface area contributed by atoms with Crippen LogP contribution in [0.5, 0.6) is 0 Å². The molecule has 1 fully saturated rings. The predicted molar refractivity (Wildman–Crippen MR) is 59.3 cm³/mol. The van der Waals surface area contributed by atoms with Crippen LogP contribution in [-0.2, 0) is 14.8 Å². The molecular formula is C9H16ClNO3S. The highest BCUT2D eigenvalue weighted by molar-refractivity contribution is 7.90. The van der Waals surface area contributed by atoms with Gasteiger partial charge in [0.15, 0.2) is 0 Å². The number of amides is 1. The Morgan fingerprint density at radius 3 is 2.53 bits per heavy atom. The first kappa shape index (κ1) is 12.8. The van der Waals surface area contributed by atoms with Crippen LogP contribution in [0.4, 0.5) is 0 Å². The Morgan fingerprint density at radius 2 is 2.00 bits per heavy atom. The molecule has 0 bridgehead atoms. The molecule has 1 saturated carbocycles. The van der Waals surface area contributed by atoms with Gasteiger partial charge in [-0.15, -0.1) is 11.6 Å². The van der Waals surface area contributed by atoms with Crippen LogP contribution in [0, 0.1) is 0 Å². The standard InChI is InChI=1S/C9H16ClNO3S/c1-2-9(12)11-15(13,14)8-6-4-3-5-7(8)10/h7-8H,2-6H2,1H3,(H,11,12). The van der Waals surface area contributed by atoms with Gasteiger partial charge >= 0.3 is 0 Å².